The number of rotatable bonds is 11. The van der Waals surface area contributed by atoms with Crippen molar-refractivity contribution in [2.75, 3.05) is 46.1 Å². The van der Waals surface area contributed by atoms with E-state index >= 15 is 0 Å². The Morgan fingerprint density at radius 1 is 1.29 bits per heavy atom. The van der Waals surface area contributed by atoms with Crippen molar-refractivity contribution >= 4 is 29.9 Å². The van der Waals surface area contributed by atoms with E-state index in [-0.39, 0.29) is 36.4 Å². The zero-order valence-electron chi connectivity index (χ0n) is 17.7. The minimum Gasteiger partial charge on any atom is -0.468 e. The van der Waals surface area contributed by atoms with E-state index in [1.165, 1.54) is 6.20 Å². The number of hydrogen-bond donors (Lipinski definition) is 2. The summed E-state index contributed by atoms with van der Waals surface area (Å²) in [6.07, 6.45) is -0.0957. The van der Waals surface area contributed by atoms with Gasteiger partial charge in [-0.2, -0.15) is 13.2 Å². The predicted octanol–water partition coefficient (Wildman–Crippen LogP) is 3.53. The highest BCUT2D eigenvalue weighted by molar-refractivity contribution is 14.0. The smallest absolute Gasteiger partial charge is 0.422 e. The highest BCUT2D eigenvalue weighted by Crippen LogP contribution is 2.20. The Bertz CT molecular complexity index is 644. The summed E-state index contributed by atoms with van der Waals surface area (Å²) >= 11 is 0. The van der Waals surface area contributed by atoms with Crippen LogP contribution in [-0.2, 0) is 16.0 Å². The second-order valence-electron chi connectivity index (χ2n) is 6.98. The summed E-state index contributed by atoms with van der Waals surface area (Å²) in [7, 11) is 0. The van der Waals surface area contributed by atoms with Gasteiger partial charge < -0.3 is 24.8 Å². The fourth-order valence-corrected chi connectivity index (χ4v) is 2.87. The maximum absolute atomic E-state index is 12.4. The van der Waals surface area contributed by atoms with E-state index in [1.807, 2.05) is 6.92 Å². The van der Waals surface area contributed by atoms with Gasteiger partial charge in [0, 0.05) is 51.3 Å². The maximum atomic E-state index is 12.4. The Kier molecular flexibility index (Phi) is 13.8. The van der Waals surface area contributed by atoms with Crippen LogP contribution in [0.15, 0.2) is 23.3 Å². The van der Waals surface area contributed by atoms with Gasteiger partial charge in [-0.15, -0.1) is 24.0 Å². The van der Waals surface area contributed by atoms with Crippen LogP contribution in [0.1, 0.15) is 31.7 Å². The highest BCUT2D eigenvalue weighted by atomic mass is 127. The minimum absolute atomic E-state index is 0. The number of hydrogen-bond acceptors (Lipinski definition) is 5. The van der Waals surface area contributed by atoms with Crippen LogP contribution in [0.25, 0.3) is 0 Å². The summed E-state index contributed by atoms with van der Waals surface area (Å²) in [4.78, 5) is 8.30. The molecule has 1 aromatic heterocycles. The molecular formula is C20H32F3IN4O3. The number of aliphatic imine (C=N–C) groups is 1. The van der Waals surface area contributed by atoms with Crippen LogP contribution in [0.2, 0.25) is 0 Å². The molecule has 0 amide bonds. The number of guanidine groups is 1. The van der Waals surface area contributed by atoms with Gasteiger partial charge in [0.05, 0.1) is 6.54 Å². The summed E-state index contributed by atoms with van der Waals surface area (Å²) in [5, 5.41) is 6.32. The second-order valence-corrected chi connectivity index (χ2v) is 6.98. The van der Waals surface area contributed by atoms with Crippen molar-refractivity contribution in [1.82, 2.24) is 15.6 Å². The van der Waals surface area contributed by atoms with E-state index in [0.717, 1.165) is 39.1 Å². The lowest BCUT2D eigenvalue weighted by atomic mass is 10.0. The zero-order chi connectivity index (χ0) is 21.7. The molecule has 0 bridgehead atoms. The van der Waals surface area contributed by atoms with Gasteiger partial charge in [0.15, 0.2) is 12.6 Å². The molecule has 0 spiro atoms. The van der Waals surface area contributed by atoms with Gasteiger partial charge in [0.2, 0.25) is 5.88 Å². The molecule has 1 aromatic rings. The lowest BCUT2D eigenvalue weighted by molar-refractivity contribution is -0.154. The molecule has 11 heteroatoms. The number of aromatic nitrogens is 1. The van der Waals surface area contributed by atoms with E-state index in [9.17, 15) is 13.2 Å². The Hall–Kier alpha value is -1.34. The largest absolute Gasteiger partial charge is 0.468 e. The number of alkyl halides is 3. The SMILES string of the molecule is CCNC(=NCc1cccnc1OCC(F)(F)F)NCCCOCC1CCOCC1.I. The second kappa shape index (κ2) is 15.5. The molecular weight excluding hydrogens is 528 g/mol. The molecule has 2 rings (SSSR count). The number of ether oxygens (including phenoxy) is 3. The molecule has 0 unspecified atom stereocenters. The van der Waals surface area contributed by atoms with Gasteiger partial charge in [-0.3, -0.25) is 0 Å². The average molecular weight is 560 g/mol. The molecule has 2 heterocycles. The van der Waals surface area contributed by atoms with Gasteiger partial charge in [-0.1, -0.05) is 6.07 Å². The first-order valence-corrected chi connectivity index (χ1v) is 10.3. The summed E-state index contributed by atoms with van der Waals surface area (Å²) in [6, 6.07) is 3.29. The fourth-order valence-electron chi connectivity index (χ4n) is 2.87. The normalized spacial score (nSPS) is 15.3. The first kappa shape index (κ1) is 27.7. The van der Waals surface area contributed by atoms with Crippen molar-refractivity contribution in [1.29, 1.82) is 0 Å². The molecule has 1 fully saturated rings. The number of pyridine rings is 1. The number of nitrogens with zero attached hydrogens (tertiary/aromatic N) is 2. The van der Waals surface area contributed by atoms with Gasteiger partial charge >= 0.3 is 6.18 Å². The number of nitrogens with one attached hydrogen (secondary N) is 2. The fraction of sp³-hybridized carbons (Fsp3) is 0.700. The predicted molar refractivity (Wildman–Crippen MR) is 123 cm³/mol. The molecule has 7 nitrogen and oxygen atoms in total. The van der Waals surface area contributed by atoms with Crippen molar-refractivity contribution in [2.45, 2.75) is 38.9 Å². The van der Waals surface area contributed by atoms with Crippen LogP contribution in [-0.4, -0.2) is 63.2 Å². The first-order chi connectivity index (χ1) is 14.5. The van der Waals surface area contributed by atoms with Crippen molar-refractivity contribution in [2.24, 2.45) is 10.9 Å². The van der Waals surface area contributed by atoms with Crippen LogP contribution >= 0.6 is 24.0 Å². The summed E-state index contributed by atoms with van der Waals surface area (Å²) in [6.45, 7) is 5.09. The quantitative estimate of drug-likeness (QED) is 0.187. The van der Waals surface area contributed by atoms with Gasteiger partial charge in [0.25, 0.3) is 0 Å². The first-order valence-electron chi connectivity index (χ1n) is 10.3. The zero-order valence-corrected chi connectivity index (χ0v) is 20.1. The molecule has 0 saturated carbocycles. The van der Waals surface area contributed by atoms with Crippen LogP contribution in [0, 0.1) is 5.92 Å². The van der Waals surface area contributed by atoms with Gasteiger partial charge in [-0.05, 0) is 38.2 Å². The third kappa shape index (κ3) is 12.3. The molecule has 2 N–H and O–H groups in total. The average Bonchev–Trinajstić information content (AvgIpc) is 2.73. The molecule has 178 valence electrons. The van der Waals surface area contributed by atoms with E-state index in [0.29, 0.717) is 37.1 Å². The van der Waals surface area contributed by atoms with Gasteiger partial charge in [0.1, 0.15) is 0 Å². The van der Waals surface area contributed by atoms with Crippen LogP contribution in [0.5, 0.6) is 5.88 Å². The maximum Gasteiger partial charge on any atom is 0.422 e. The molecule has 0 aliphatic carbocycles. The van der Waals surface area contributed by atoms with Crippen molar-refractivity contribution < 1.29 is 27.4 Å². The molecule has 0 atom stereocenters. The van der Waals surface area contributed by atoms with E-state index < -0.39 is 12.8 Å². The van der Waals surface area contributed by atoms with Crippen molar-refractivity contribution in [3.8, 4) is 5.88 Å². The lowest BCUT2D eigenvalue weighted by Gasteiger charge is -2.21. The number of halogens is 4. The third-order valence-electron chi connectivity index (χ3n) is 4.43. The van der Waals surface area contributed by atoms with Crippen LogP contribution in [0.4, 0.5) is 13.2 Å². The third-order valence-corrected chi connectivity index (χ3v) is 4.43. The van der Waals surface area contributed by atoms with Crippen LogP contribution < -0.4 is 15.4 Å². The molecule has 1 aliphatic heterocycles. The molecule has 0 radical (unpaired) electrons. The Labute approximate surface area is 198 Å². The lowest BCUT2D eigenvalue weighted by Crippen LogP contribution is -2.38. The summed E-state index contributed by atoms with van der Waals surface area (Å²) in [5.74, 6) is 1.10. The Balaban J connectivity index is 0.00000480. The van der Waals surface area contributed by atoms with Gasteiger partial charge in [-0.25, -0.2) is 9.98 Å². The van der Waals surface area contributed by atoms with E-state index in [2.05, 4.69) is 20.6 Å². The van der Waals surface area contributed by atoms with Crippen molar-refractivity contribution in [3.63, 3.8) is 0 Å². The Morgan fingerprint density at radius 3 is 2.77 bits per heavy atom. The molecule has 1 aliphatic rings. The summed E-state index contributed by atoms with van der Waals surface area (Å²) < 4.78 is 53.1. The topological polar surface area (TPSA) is 77.0 Å². The van der Waals surface area contributed by atoms with Crippen molar-refractivity contribution in [3.05, 3.63) is 23.9 Å². The standard InChI is InChI=1S/C20H31F3N4O3.HI/c1-2-24-19(26-9-4-10-29-14-16-6-11-28-12-7-16)27-13-17-5-3-8-25-18(17)30-15-20(21,22)23;/h3,5,8,16H,2,4,6-7,9-15H2,1H3,(H2,24,26,27);1H. The van der Waals surface area contributed by atoms with Crippen LogP contribution in [0.3, 0.4) is 0 Å². The Morgan fingerprint density at radius 2 is 2.06 bits per heavy atom. The summed E-state index contributed by atoms with van der Waals surface area (Å²) in [5.41, 5.74) is 0.485. The minimum atomic E-state index is -4.42. The molecule has 1 saturated heterocycles. The van der Waals surface area contributed by atoms with E-state index in [4.69, 9.17) is 14.2 Å². The highest BCUT2D eigenvalue weighted by Gasteiger charge is 2.29. The monoisotopic (exact) mass is 560 g/mol. The van der Waals surface area contributed by atoms with E-state index in [1.54, 1.807) is 12.1 Å². The molecule has 31 heavy (non-hydrogen) atoms. The molecule has 0 aromatic carbocycles.